The van der Waals surface area contributed by atoms with Crippen LogP contribution in [0.15, 0.2) is 11.8 Å². The van der Waals surface area contributed by atoms with Gasteiger partial charge in [0.05, 0.1) is 4.92 Å². The highest BCUT2D eigenvalue weighted by atomic mass is 16.6. The molecule has 0 saturated heterocycles. The molecule has 0 atom stereocenters. The van der Waals surface area contributed by atoms with Crippen molar-refractivity contribution >= 4 is 6.29 Å². The molecule has 0 aliphatic rings. The standard InChI is InChI=1S/C20H37NO3/c1-2-3-4-5-11-14-17-20(21(23)24)18-15-12-9-7-6-8-10-13-16-19-22/h18-19H,2-17H2,1H3/b20-18-. The molecule has 0 amide bonds. The van der Waals surface area contributed by atoms with Crippen molar-refractivity contribution in [2.45, 2.75) is 110 Å². The molecule has 24 heavy (non-hydrogen) atoms. The summed E-state index contributed by atoms with van der Waals surface area (Å²) >= 11 is 0. The fourth-order valence-electron chi connectivity index (χ4n) is 2.88. The maximum absolute atomic E-state index is 11.1. The first-order valence-electron chi connectivity index (χ1n) is 9.99. The van der Waals surface area contributed by atoms with E-state index in [9.17, 15) is 14.9 Å². The number of aldehydes is 1. The number of nitro groups is 1. The van der Waals surface area contributed by atoms with E-state index in [0.717, 1.165) is 51.2 Å². The van der Waals surface area contributed by atoms with E-state index >= 15 is 0 Å². The largest absolute Gasteiger partial charge is 0.303 e. The summed E-state index contributed by atoms with van der Waals surface area (Å²) < 4.78 is 0. The summed E-state index contributed by atoms with van der Waals surface area (Å²) in [6.45, 7) is 2.20. The Morgan fingerprint density at radius 1 is 0.792 bits per heavy atom. The van der Waals surface area contributed by atoms with Gasteiger partial charge in [-0.1, -0.05) is 71.1 Å². The van der Waals surface area contributed by atoms with Crippen molar-refractivity contribution < 1.29 is 9.72 Å². The van der Waals surface area contributed by atoms with Gasteiger partial charge in [0.1, 0.15) is 6.29 Å². The Balaban J connectivity index is 3.62. The summed E-state index contributed by atoms with van der Waals surface area (Å²) in [5.41, 5.74) is 0.416. The van der Waals surface area contributed by atoms with Crippen LogP contribution in [0.25, 0.3) is 0 Å². The van der Waals surface area contributed by atoms with Crippen LogP contribution >= 0.6 is 0 Å². The van der Waals surface area contributed by atoms with Gasteiger partial charge in [0.25, 0.3) is 0 Å². The van der Waals surface area contributed by atoms with Crippen LogP contribution in [-0.4, -0.2) is 11.2 Å². The number of nitrogens with zero attached hydrogens (tertiary/aromatic N) is 1. The Labute approximate surface area is 148 Å². The quantitative estimate of drug-likeness (QED) is 0.122. The van der Waals surface area contributed by atoms with E-state index in [1.807, 2.05) is 6.08 Å². The molecule has 0 N–H and O–H groups in total. The number of hydrogen-bond acceptors (Lipinski definition) is 3. The maximum Gasteiger partial charge on any atom is 0.242 e. The molecule has 0 aromatic rings. The zero-order valence-electron chi connectivity index (χ0n) is 15.6. The second-order valence-electron chi connectivity index (χ2n) is 6.69. The lowest BCUT2D eigenvalue weighted by atomic mass is 10.1. The van der Waals surface area contributed by atoms with Crippen LogP contribution in [0.3, 0.4) is 0 Å². The minimum Gasteiger partial charge on any atom is -0.303 e. The minimum atomic E-state index is -0.195. The molecule has 4 nitrogen and oxygen atoms in total. The molecule has 140 valence electrons. The molecule has 0 unspecified atom stereocenters. The summed E-state index contributed by atoms with van der Waals surface area (Å²) in [5, 5.41) is 11.1. The van der Waals surface area contributed by atoms with Crippen molar-refractivity contribution in [2.75, 3.05) is 0 Å². The lowest BCUT2D eigenvalue weighted by Gasteiger charge is -2.02. The lowest BCUT2D eigenvalue weighted by Crippen LogP contribution is -1.99. The molecule has 0 rings (SSSR count). The third-order valence-corrected chi connectivity index (χ3v) is 4.43. The molecule has 0 spiro atoms. The fraction of sp³-hybridized carbons (Fsp3) is 0.850. The van der Waals surface area contributed by atoms with Gasteiger partial charge < -0.3 is 4.79 Å². The van der Waals surface area contributed by atoms with Gasteiger partial charge in [0.2, 0.25) is 5.70 Å². The van der Waals surface area contributed by atoms with Crippen LogP contribution in [0, 0.1) is 10.1 Å². The number of rotatable bonds is 18. The molecule has 0 aromatic carbocycles. The number of unbranched alkanes of at least 4 members (excludes halogenated alkanes) is 13. The molecule has 0 aliphatic carbocycles. The van der Waals surface area contributed by atoms with Crippen LogP contribution in [0.4, 0.5) is 0 Å². The highest BCUT2D eigenvalue weighted by Crippen LogP contribution is 2.15. The Kier molecular flexibility index (Phi) is 17.3. The van der Waals surface area contributed by atoms with E-state index in [-0.39, 0.29) is 4.92 Å². The molecule has 4 heteroatoms. The lowest BCUT2D eigenvalue weighted by molar-refractivity contribution is -0.428. The van der Waals surface area contributed by atoms with E-state index in [1.54, 1.807) is 0 Å². The maximum atomic E-state index is 11.1. The van der Waals surface area contributed by atoms with Crippen molar-refractivity contribution in [1.29, 1.82) is 0 Å². The van der Waals surface area contributed by atoms with E-state index in [2.05, 4.69) is 6.92 Å². The topological polar surface area (TPSA) is 60.2 Å². The Hall–Kier alpha value is -1.19. The van der Waals surface area contributed by atoms with Gasteiger partial charge in [-0.15, -0.1) is 0 Å². The van der Waals surface area contributed by atoms with Crippen LogP contribution in [0.2, 0.25) is 0 Å². The smallest absolute Gasteiger partial charge is 0.242 e. The third-order valence-electron chi connectivity index (χ3n) is 4.43. The zero-order valence-corrected chi connectivity index (χ0v) is 15.6. The van der Waals surface area contributed by atoms with Crippen molar-refractivity contribution in [2.24, 2.45) is 0 Å². The van der Waals surface area contributed by atoms with Crippen LogP contribution < -0.4 is 0 Å². The van der Waals surface area contributed by atoms with Crippen molar-refractivity contribution in [1.82, 2.24) is 0 Å². The first kappa shape index (κ1) is 22.8. The molecule has 0 bridgehead atoms. The normalized spacial score (nSPS) is 11.6. The van der Waals surface area contributed by atoms with E-state index < -0.39 is 0 Å². The van der Waals surface area contributed by atoms with Gasteiger partial charge >= 0.3 is 0 Å². The van der Waals surface area contributed by atoms with Crippen LogP contribution in [0.5, 0.6) is 0 Å². The van der Waals surface area contributed by atoms with Gasteiger partial charge in [0.15, 0.2) is 0 Å². The molecule has 0 radical (unpaired) electrons. The third kappa shape index (κ3) is 15.7. The predicted molar refractivity (Wildman–Crippen MR) is 101 cm³/mol. The first-order valence-corrected chi connectivity index (χ1v) is 9.99. The highest BCUT2D eigenvalue weighted by Gasteiger charge is 2.09. The second kappa shape index (κ2) is 18.2. The number of carbonyl (C=O) groups is 1. The predicted octanol–water partition coefficient (Wildman–Crippen LogP) is 6.61. The Morgan fingerprint density at radius 2 is 1.29 bits per heavy atom. The molecule has 0 fully saturated rings. The minimum absolute atomic E-state index is 0.195. The summed E-state index contributed by atoms with van der Waals surface area (Å²) in [6.07, 6.45) is 19.9. The molecule has 0 saturated carbocycles. The SMILES string of the molecule is CCCCCCCC/C(=C/CCCCCCCCCC=O)[N+](=O)[O-]. The Bertz CT molecular complexity index is 340. The van der Waals surface area contributed by atoms with Gasteiger partial charge in [0, 0.05) is 12.8 Å². The molecule has 0 heterocycles. The monoisotopic (exact) mass is 339 g/mol. The van der Waals surface area contributed by atoms with E-state index in [1.165, 1.54) is 44.9 Å². The number of carbonyl (C=O) groups excluding carboxylic acids is 1. The molecular weight excluding hydrogens is 302 g/mol. The average molecular weight is 340 g/mol. The number of hydrogen-bond donors (Lipinski definition) is 0. The van der Waals surface area contributed by atoms with Gasteiger partial charge in [-0.3, -0.25) is 10.1 Å². The zero-order chi connectivity index (χ0) is 17.9. The molecule has 0 aliphatic heterocycles. The van der Waals surface area contributed by atoms with Crippen LogP contribution in [-0.2, 0) is 4.79 Å². The summed E-state index contributed by atoms with van der Waals surface area (Å²) in [6, 6.07) is 0. The number of allylic oxidation sites excluding steroid dienone is 2. The van der Waals surface area contributed by atoms with Crippen molar-refractivity contribution in [3.8, 4) is 0 Å². The van der Waals surface area contributed by atoms with Crippen LogP contribution in [0.1, 0.15) is 110 Å². The second-order valence-corrected chi connectivity index (χ2v) is 6.69. The molecule has 0 aromatic heterocycles. The first-order chi connectivity index (χ1) is 11.7. The summed E-state index contributed by atoms with van der Waals surface area (Å²) in [7, 11) is 0. The summed E-state index contributed by atoms with van der Waals surface area (Å²) in [4.78, 5) is 21.1. The highest BCUT2D eigenvalue weighted by molar-refractivity contribution is 5.48. The molecular formula is C20H37NO3. The van der Waals surface area contributed by atoms with Crippen molar-refractivity contribution in [3.05, 3.63) is 21.9 Å². The van der Waals surface area contributed by atoms with E-state index in [4.69, 9.17) is 0 Å². The summed E-state index contributed by atoms with van der Waals surface area (Å²) in [5.74, 6) is 0. The van der Waals surface area contributed by atoms with E-state index in [0.29, 0.717) is 18.5 Å². The van der Waals surface area contributed by atoms with Gasteiger partial charge in [-0.25, -0.2) is 0 Å². The van der Waals surface area contributed by atoms with Crippen molar-refractivity contribution in [3.63, 3.8) is 0 Å². The Morgan fingerprint density at radius 3 is 1.83 bits per heavy atom. The fourth-order valence-corrected chi connectivity index (χ4v) is 2.88. The average Bonchev–Trinajstić information content (AvgIpc) is 2.57. The van der Waals surface area contributed by atoms with Gasteiger partial charge in [-0.2, -0.15) is 0 Å². The van der Waals surface area contributed by atoms with Gasteiger partial charge in [-0.05, 0) is 31.8 Å².